The van der Waals surface area contributed by atoms with E-state index in [9.17, 15) is 14.7 Å². The summed E-state index contributed by atoms with van der Waals surface area (Å²) in [6.07, 6.45) is 2.38. The highest BCUT2D eigenvalue weighted by Gasteiger charge is 2.28. The van der Waals surface area contributed by atoms with E-state index < -0.39 is 11.9 Å². The lowest BCUT2D eigenvalue weighted by Gasteiger charge is -2.31. The maximum atomic E-state index is 12.7. The number of urea groups is 1. The number of fused-ring (bicyclic) bond motifs is 1. The van der Waals surface area contributed by atoms with E-state index in [1.54, 1.807) is 4.90 Å². The van der Waals surface area contributed by atoms with Crippen LogP contribution in [0.1, 0.15) is 24.0 Å². The molecule has 2 amide bonds. The van der Waals surface area contributed by atoms with Gasteiger partial charge in [-0.2, -0.15) is 0 Å². The van der Waals surface area contributed by atoms with Crippen molar-refractivity contribution in [3.05, 3.63) is 59.7 Å². The molecule has 1 fully saturated rings. The number of hydrogen-bond acceptors (Lipinski definition) is 3. The second kappa shape index (κ2) is 7.92. The Balaban J connectivity index is 1.46. The van der Waals surface area contributed by atoms with E-state index in [0.29, 0.717) is 13.0 Å². The molecule has 2 aliphatic heterocycles. The van der Waals surface area contributed by atoms with Crippen LogP contribution < -0.4 is 10.2 Å². The van der Waals surface area contributed by atoms with E-state index in [0.717, 1.165) is 37.2 Å². The number of likely N-dealkylation sites (tertiary alicyclic amines) is 1. The van der Waals surface area contributed by atoms with E-state index >= 15 is 0 Å². The maximum Gasteiger partial charge on any atom is 0.321 e. The summed E-state index contributed by atoms with van der Waals surface area (Å²) in [7, 11) is 0. The van der Waals surface area contributed by atoms with Gasteiger partial charge in [0.1, 0.15) is 0 Å². The normalized spacial score (nSPS) is 18.6. The van der Waals surface area contributed by atoms with Gasteiger partial charge in [-0.3, -0.25) is 4.79 Å². The van der Waals surface area contributed by atoms with E-state index in [4.69, 9.17) is 0 Å². The van der Waals surface area contributed by atoms with E-state index in [1.807, 2.05) is 24.3 Å². The Kier molecular flexibility index (Phi) is 5.19. The largest absolute Gasteiger partial charge is 0.481 e. The van der Waals surface area contributed by atoms with Crippen LogP contribution in [-0.4, -0.2) is 41.6 Å². The zero-order valence-electron chi connectivity index (χ0n) is 15.8. The topological polar surface area (TPSA) is 72.9 Å². The molecule has 2 aromatic carbocycles. The molecule has 0 spiro atoms. The number of carboxylic acid groups (broad SMARTS) is 1. The van der Waals surface area contributed by atoms with Gasteiger partial charge < -0.3 is 20.2 Å². The summed E-state index contributed by atoms with van der Waals surface area (Å²) in [5.41, 5.74) is 4.45. The minimum absolute atomic E-state index is 0.222. The standard InChI is InChI=1S/C22H25N3O3/c26-21(27)18-8-5-12-25(15-18)22(28)23-19-9-3-1-7-17(19)14-24-13-11-16-6-2-4-10-20(16)24/h1-4,6-7,9-10,18H,5,8,11-15H2,(H,23,28)(H,26,27). The van der Waals surface area contributed by atoms with Crippen molar-refractivity contribution in [1.82, 2.24) is 4.90 Å². The molecule has 6 nitrogen and oxygen atoms in total. The Hall–Kier alpha value is -3.02. The molecule has 2 aromatic rings. The predicted molar refractivity (Wildman–Crippen MR) is 109 cm³/mol. The van der Waals surface area contributed by atoms with Crippen molar-refractivity contribution in [2.24, 2.45) is 5.92 Å². The van der Waals surface area contributed by atoms with Gasteiger partial charge in [-0.25, -0.2) is 4.79 Å². The van der Waals surface area contributed by atoms with Gasteiger partial charge in [0.2, 0.25) is 0 Å². The number of carbonyl (C=O) groups excluding carboxylic acids is 1. The minimum Gasteiger partial charge on any atom is -0.481 e. The van der Waals surface area contributed by atoms with Crippen molar-refractivity contribution < 1.29 is 14.7 Å². The van der Waals surface area contributed by atoms with Gasteiger partial charge in [-0.15, -0.1) is 0 Å². The summed E-state index contributed by atoms with van der Waals surface area (Å²) in [6, 6.07) is 16.0. The third-order valence-corrected chi connectivity index (χ3v) is 5.66. The van der Waals surface area contributed by atoms with Gasteiger partial charge in [-0.1, -0.05) is 36.4 Å². The smallest absolute Gasteiger partial charge is 0.321 e. The van der Waals surface area contributed by atoms with Gasteiger partial charge in [-0.05, 0) is 42.5 Å². The molecule has 6 heteroatoms. The average molecular weight is 379 g/mol. The Morgan fingerprint density at radius 1 is 1.07 bits per heavy atom. The number of carboxylic acids is 1. The fourth-order valence-corrected chi connectivity index (χ4v) is 4.11. The molecule has 2 aliphatic rings. The fourth-order valence-electron chi connectivity index (χ4n) is 4.11. The summed E-state index contributed by atoms with van der Waals surface area (Å²) in [5.74, 6) is -1.30. The van der Waals surface area contributed by atoms with Gasteiger partial charge >= 0.3 is 12.0 Å². The number of amides is 2. The molecule has 0 saturated carbocycles. The first kappa shape index (κ1) is 18.3. The van der Waals surface area contributed by atoms with Crippen LogP contribution in [0.3, 0.4) is 0 Å². The van der Waals surface area contributed by atoms with Crippen molar-refractivity contribution in [2.75, 3.05) is 29.9 Å². The highest BCUT2D eigenvalue weighted by atomic mass is 16.4. The number of anilines is 2. The molecule has 4 rings (SSSR count). The fraction of sp³-hybridized carbons (Fsp3) is 0.364. The third kappa shape index (κ3) is 3.81. The maximum absolute atomic E-state index is 12.7. The lowest BCUT2D eigenvalue weighted by atomic mass is 9.99. The second-order valence-corrected chi connectivity index (χ2v) is 7.51. The Labute approximate surface area is 164 Å². The van der Waals surface area contributed by atoms with Crippen molar-refractivity contribution >= 4 is 23.4 Å². The molecule has 0 aromatic heterocycles. The van der Waals surface area contributed by atoms with E-state index in [2.05, 4.69) is 34.5 Å². The molecule has 1 saturated heterocycles. The Morgan fingerprint density at radius 2 is 1.86 bits per heavy atom. The number of piperidine rings is 1. The van der Waals surface area contributed by atoms with Crippen molar-refractivity contribution in [3.63, 3.8) is 0 Å². The second-order valence-electron chi connectivity index (χ2n) is 7.51. The first-order chi connectivity index (χ1) is 13.6. The van der Waals surface area contributed by atoms with E-state index in [1.165, 1.54) is 11.3 Å². The molecule has 1 unspecified atom stereocenters. The van der Waals surface area contributed by atoms with E-state index in [-0.39, 0.29) is 12.6 Å². The number of para-hydroxylation sites is 2. The van der Waals surface area contributed by atoms with Gasteiger partial charge in [0.05, 0.1) is 5.92 Å². The average Bonchev–Trinajstić information content (AvgIpc) is 3.12. The molecular formula is C22H25N3O3. The molecular weight excluding hydrogens is 354 g/mol. The molecule has 0 aliphatic carbocycles. The minimum atomic E-state index is -0.828. The first-order valence-corrected chi connectivity index (χ1v) is 9.81. The lowest BCUT2D eigenvalue weighted by molar-refractivity contribution is -0.143. The monoisotopic (exact) mass is 379 g/mol. The van der Waals surface area contributed by atoms with Crippen molar-refractivity contribution in [2.45, 2.75) is 25.8 Å². The molecule has 28 heavy (non-hydrogen) atoms. The quantitative estimate of drug-likeness (QED) is 0.852. The van der Waals surface area contributed by atoms with Gasteiger partial charge in [0, 0.05) is 37.6 Å². The molecule has 1 atom stereocenters. The summed E-state index contributed by atoms with van der Waals surface area (Å²) < 4.78 is 0. The van der Waals surface area contributed by atoms with Crippen molar-refractivity contribution in [3.8, 4) is 0 Å². The highest BCUT2D eigenvalue weighted by Crippen LogP contribution is 2.30. The number of aliphatic carboxylic acids is 1. The summed E-state index contributed by atoms with van der Waals surface area (Å²) in [5, 5.41) is 12.3. The lowest BCUT2D eigenvalue weighted by Crippen LogP contribution is -2.44. The third-order valence-electron chi connectivity index (χ3n) is 5.66. The first-order valence-electron chi connectivity index (χ1n) is 9.81. The number of benzene rings is 2. The van der Waals surface area contributed by atoms with Crippen LogP contribution in [0.4, 0.5) is 16.2 Å². The molecule has 2 N–H and O–H groups in total. The SMILES string of the molecule is O=C(O)C1CCCN(C(=O)Nc2ccccc2CN2CCc3ccccc32)C1. The van der Waals surface area contributed by atoms with Crippen LogP contribution in [0.25, 0.3) is 0 Å². The highest BCUT2D eigenvalue weighted by molar-refractivity contribution is 5.90. The van der Waals surface area contributed by atoms with Crippen LogP contribution in [0.5, 0.6) is 0 Å². The summed E-state index contributed by atoms with van der Waals surface area (Å²) in [4.78, 5) is 27.9. The predicted octanol–water partition coefficient (Wildman–Crippen LogP) is 3.58. The van der Waals surface area contributed by atoms with Crippen LogP contribution in [-0.2, 0) is 17.8 Å². The molecule has 146 valence electrons. The van der Waals surface area contributed by atoms with Crippen LogP contribution in [0.15, 0.2) is 48.5 Å². The number of nitrogens with zero attached hydrogens (tertiary/aromatic N) is 2. The molecule has 0 bridgehead atoms. The van der Waals surface area contributed by atoms with Crippen molar-refractivity contribution in [1.29, 1.82) is 0 Å². The molecule has 0 radical (unpaired) electrons. The Bertz CT molecular complexity index is 883. The number of carbonyl (C=O) groups is 2. The van der Waals surface area contributed by atoms with Crippen LogP contribution >= 0.6 is 0 Å². The number of hydrogen-bond donors (Lipinski definition) is 2. The summed E-state index contributed by atoms with van der Waals surface area (Å²) in [6.45, 7) is 2.55. The molecule has 2 heterocycles. The van der Waals surface area contributed by atoms with Crippen LogP contribution in [0, 0.1) is 5.92 Å². The number of nitrogens with one attached hydrogen (secondary N) is 1. The van der Waals surface area contributed by atoms with Gasteiger partial charge in [0.15, 0.2) is 0 Å². The number of rotatable bonds is 4. The zero-order valence-corrected chi connectivity index (χ0v) is 15.8. The summed E-state index contributed by atoms with van der Waals surface area (Å²) >= 11 is 0. The zero-order chi connectivity index (χ0) is 19.5. The van der Waals surface area contributed by atoms with Crippen LogP contribution in [0.2, 0.25) is 0 Å². The Morgan fingerprint density at radius 3 is 2.71 bits per heavy atom. The van der Waals surface area contributed by atoms with Gasteiger partial charge in [0.25, 0.3) is 0 Å².